The summed E-state index contributed by atoms with van der Waals surface area (Å²) in [6, 6.07) is -0.176. The van der Waals surface area contributed by atoms with Gasteiger partial charge in [0.05, 0.1) is 6.04 Å². The van der Waals surface area contributed by atoms with Crippen LogP contribution in [0.15, 0.2) is 17.8 Å². The summed E-state index contributed by atoms with van der Waals surface area (Å²) in [7, 11) is 0. The summed E-state index contributed by atoms with van der Waals surface area (Å²) in [6.07, 6.45) is 9.31. The van der Waals surface area contributed by atoms with E-state index in [1.165, 1.54) is 24.3 Å². The van der Waals surface area contributed by atoms with Gasteiger partial charge in [-0.05, 0) is 46.5 Å². The molecule has 0 radical (unpaired) electrons. The van der Waals surface area contributed by atoms with Gasteiger partial charge in [0.15, 0.2) is 0 Å². The molecule has 0 aromatic heterocycles. The molecule has 0 N–H and O–H groups in total. The molecule has 0 heterocycles. The monoisotopic (exact) mass is 280 g/mol. The second-order valence-electron chi connectivity index (χ2n) is 6.46. The highest BCUT2D eigenvalue weighted by Crippen LogP contribution is 2.22. The molecule has 114 valence electrons. The second-order valence-corrected chi connectivity index (χ2v) is 6.46. The number of carbonyl (C=O) groups excluding carboxylic acids is 1. The van der Waals surface area contributed by atoms with Gasteiger partial charge in [0.25, 0.3) is 0 Å². The lowest BCUT2D eigenvalue weighted by Crippen LogP contribution is -2.38. The van der Waals surface area contributed by atoms with Crippen LogP contribution in [0.25, 0.3) is 0 Å². The van der Waals surface area contributed by atoms with Gasteiger partial charge in [-0.15, -0.1) is 6.58 Å². The average Bonchev–Trinajstić information content (AvgIpc) is 2.37. The zero-order chi connectivity index (χ0) is 15.2. The molecule has 4 nitrogen and oxygen atoms in total. The average molecular weight is 280 g/mol. The van der Waals surface area contributed by atoms with Gasteiger partial charge in [-0.25, -0.2) is 4.79 Å². The number of hydrogen-bond donors (Lipinski definition) is 0. The maximum atomic E-state index is 12.2. The fraction of sp³-hybridized carbons (Fsp3) is 0.750. The van der Waals surface area contributed by atoms with E-state index in [-0.39, 0.29) is 6.04 Å². The van der Waals surface area contributed by atoms with Gasteiger partial charge in [-0.2, -0.15) is 10.1 Å². The standard InChI is InChI=1S/C16H28N2O2/c1-6-13(2)18(15(19)20-16(3,4)5)17-12-14-10-8-7-9-11-14/h6,12-14H,1,7-11H2,2-5H3/b17-12+. The molecule has 1 fully saturated rings. The highest BCUT2D eigenvalue weighted by molar-refractivity contribution is 5.71. The van der Waals surface area contributed by atoms with Crippen LogP contribution in [0.2, 0.25) is 0 Å². The quantitative estimate of drug-likeness (QED) is 0.436. The smallest absolute Gasteiger partial charge is 0.431 e. The number of nitrogens with zero attached hydrogens (tertiary/aromatic N) is 2. The van der Waals surface area contributed by atoms with Crippen LogP contribution in [0, 0.1) is 5.92 Å². The Morgan fingerprint density at radius 2 is 1.95 bits per heavy atom. The Bertz CT molecular complexity index is 352. The Labute approximate surface area is 122 Å². The van der Waals surface area contributed by atoms with E-state index in [9.17, 15) is 4.79 Å². The van der Waals surface area contributed by atoms with Crippen LogP contribution in [-0.2, 0) is 4.74 Å². The Hall–Kier alpha value is -1.32. The molecular weight excluding hydrogens is 252 g/mol. The van der Waals surface area contributed by atoms with Crippen LogP contribution in [0.4, 0.5) is 4.79 Å². The van der Waals surface area contributed by atoms with Gasteiger partial charge >= 0.3 is 6.09 Å². The summed E-state index contributed by atoms with van der Waals surface area (Å²) in [6.45, 7) is 11.2. The maximum absolute atomic E-state index is 12.2. The fourth-order valence-corrected chi connectivity index (χ4v) is 2.18. The minimum atomic E-state index is -0.517. The van der Waals surface area contributed by atoms with E-state index in [4.69, 9.17) is 4.74 Å². The van der Waals surface area contributed by atoms with Crippen LogP contribution in [0.1, 0.15) is 59.8 Å². The van der Waals surface area contributed by atoms with Gasteiger partial charge in [0.1, 0.15) is 5.60 Å². The molecule has 1 rings (SSSR count). The molecule has 20 heavy (non-hydrogen) atoms. The molecule has 1 saturated carbocycles. The van der Waals surface area contributed by atoms with E-state index in [0.717, 1.165) is 12.8 Å². The predicted molar refractivity (Wildman–Crippen MR) is 82.8 cm³/mol. The summed E-state index contributed by atoms with van der Waals surface area (Å²) >= 11 is 0. The summed E-state index contributed by atoms with van der Waals surface area (Å²) < 4.78 is 5.39. The molecule has 0 aromatic rings. The van der Waals surface area contributed by atoms with Gasteiger partial charge in [-0.1, -0.05) is 25.3 Å². The van der Waals surface area contributed by atoms with E-state index in [0.29, 0.717) is 5.92 Å². The number of carbonyl (C=O) groups is 1. The zero-order valence-corrected chi connectivity index (χ0v) is 13.3. The SMILES string of the molecule is C=CC(C)N(/N=C/C1CCCCC1)C(=O)OC(C)(C)C. The van der Waals surface area contributed by atoms with E-state index in [1.54, 1.807) is 6.08 Å². The highest BCUT2D eigenvalue weighted by Gasteiger charge is 2.24. The third-order valence-corrected chi connectivity index (χ3v) is 3.36. The zero-order valence-electron chi connectivity index (χ0n) is 13.3. The molecule has 0 saturated heterocycles. The first kappa shape index (κ1) is 16.7. The molecule has 1 atom stereocenters. The first-order valence-electron chi connectivity index (χ1n) is 7.52. The third-order valence-electron chi connectivity index (χ3n) is 3.36. The lowest BCUT2D eigenvalue weighted by Gasteiger charge is -2.27. The van der Waals surface area contributed by atoms with Crippen molar-refractivity contribution in [2.75, 3.05) is 0 Å². The van der Waals surface area contributed by atoms with Crippen LogP contribution < -0.4 is 0 Å². The second kappa shape index (κ2) is 7.46. The predicted octanol–water partition coefficient (Wildman–Crippen LogP) is 4.36. The molecule has 0 spiro atoms. The molecule has 1 aliphatic carbocycles. The van der Waals surface area contributed by atoms with Crippen molar-refractivity contribution in [1.82, 2.24) is 5.01 Å². The lowest BCUT2D eigenvalue weighted by molar-refractivity contribution is 0.0217. The Morgan fingerprint density at radius 3 is 2.45 bits per heavy atom. The minimum absolute atomic E-state index is 0.176. The Morgan fingerprint density at radius 1 is 1.35 bits per heavy atom. The number of ether oxygens (including phenoxy) is 1. The Kier molecular flexibility index (Phi) is 6.24. The van der Waals surface area contributed by atoms with Gasteiger partial charge < -0.3 is 4.74 Å². The number of amides is 1. The largest absolute Gasteiger partial charge is 0.442 e. The van der Waals surface area contributed by atoms with Gasteiger partial charge in [-0.3, -0.25) is 0 Å². The van der Waals surface area contributed by atoms with Crippen molar-refractivity contribution in [2.45, 2.75) is 71.4 Å². The number of hydrazone groups is 1. The van der Waals surface area contributed by atoms with Crippen LogP contribution in [-0.4, -0.2) is 29.0 Å². The molecule has 4 heteroatoms. The molecular formula is C16H28N2O2. The first-order valence-corrected chi connectivity index (χ1v) is 7.52. The summed E-state index contributed by atoms with van der Waals surface area (Å²) in [5, 5.41) is 5.75. The van der Waals surface area contributed by atoms with Gasteiger partial charge in [0, 0.05) is 6.21 Å². The number of hydrogen-bond acceptors (Lipinski definition) is 3. The van der Waals surface area contributed by atoms with Crippen molar-refractivity contribution >= 4 is 12.3 Å². The summed E-state index contributed by atoms with van der Waals surface area (Å²) in [5.74, 6) is 0.478. The van der Waals surface area contributed by atoms with E-state index >= 15 is 0 Å². The lowest BCUT2D eigenvalue weighted by atomic mass is 9.90. The number of rotatable bonds is 4. The first-order chi connectivity index (χ1) is 9.33. The minimum Gasteiger partial charge on any atom is -0.442 e. The molecule has 1 unspecified atom stereocenters. The Balaban J connectivity index is 2.70. The fourth-order valence-electron chi connectivity index (χ4n) is 2.18. The van der Waals surface area contributed by atoms with Gasteiger partial charge in [0.2, 0.25) is 0 Å². The van der Waals surface area contributed by atoms with Crippen molar-refractivity contribution in [3.63, 3.8) is 0 Å². The molecule has 1 amide bonds. The van der Waals surface area contributed by atoms with Crippen LogP contribution in [0.5, 0.6) is 0 Å². The third kappa shape index (κ3) is 5.76. The molecule has 0 aliphatic heterocycles. The van der Waals surface area contributed by atoms with Crippen molar-refractivity contribution in [3.05, 3.63) is 12.7 Å². The molecule has 1 aliphatic rings. The van der Waals surface area contributed by atoms with Crippen molar-refractivity contribution in [2.24, 2.45) is 11.0 Å². The van der Waals surface area contributed by atoms with Crippen molar-refractivity contribution in [1.29, 1.82) is 0 Å². The van der Waals surface area contributed by atoms with E-state index in [2.05, 4.69) is 11.7 Å². The normalized spacial score (nSPS) is 18.8. The molecule has 0 aromatic carbocycles. The maximum Gasteiger partial charge on any atom is 0.431 e. The van der Waals surface area contributed by atoms with Crippen LogP contribution >= 0.6 is 0 Å². The topological polar surface area (TPSA) is 41.9 Å². The summed E-state index contributed by atoms with van der Waals surface area (Å²) in [4.78, 5) is 12.2. The highest BCUT2D eigenvalue weighted by atomic mass is 16.6. The van der Waals surface area contributed by atoms with Crippen molar-refractivity contribution < 1.29 is 9.53 Å². The van der Waals surface area contributed by atoms with E-state index in [1.807, 2.05) is 33.9 Å². The van der Waals surface area contributed by atoms with E-state index < -0.39 is 11.7 Å². The van der Waals surface area contributed by atoms with Crippen molar-refractivity contribution in [3.8, 4) is 0 Å². The van der Waals surface area contributed by atoms with Crippen LogP contribution in [0.3, 0.4) is 0 Å². The molecule has 0 bridgehead atoms. The summed E-state index contributed by atoms with van der Waals surface area (Å²) in [5.41, 5.74) is -0.517.